The molecule has 0 heterocycles. The second kappa shape index (κ2) is 8.67. The maximum absolute atomic E-state index is 12.5. The first-order valence-electron chi connectivity index (χ1n) is 7.71. The van der Waals surface area contributed by atoms with E-state index in [0.29, 0.717) is 25.7 Å². The third kappa shape index (κ3) is 5.44. The van der Waals surface area contributed by atoms with Crippen molar-refractivity contribution in [2.24, 2.45) is 11.8 Å². The van der Waals surface area contributed by atoms with Gasteiger partial charge in [0.2, 0.25) is 5.91 Å². The molecule has 2 rings (SSSR count). The van der Waals surface area contributed by atoms with Gasteiger partial charge in [-0.25, -0.2) is 0 Å². The molecule has 5 nitrogen and oxygen atoms in total. The summed E-state index contributed by atoms with van der Waals surface area (Å²) in [5.74, 6) is -2.05. The Balaban J connectivity index is 1.99. The number of halogens is 4. The molecular formula is C16H17Cl2F2NO4. The number of aliphatic carboxylic acids is 1. The molecule has 1 fully saturated rings. The van der Waals surface area contributed by atoms with E-state index < -0.39 is 18.5 Å². The van der Waals surface area contributed by atoms with Crippen LogP contribution < -0.4 is 10.1 Å². The summed E-state index contributed by atoms with van der Waals surface area (Å²) in [6, 6.07) is 2.67. The minimum absolute atomic E-state index is 0.0694. The van der Waals surface area contributed by atoms with E-state index in [4.69, 9.17) is 28.3 Å². The van der Waals surface area contributed by atoms with Gasteiger partial charge in [-0.05, 0) is 37.8 Å². The van der Waals surface area contributed by atoms with Crippen LogP contribution in [0, 0.1) is 11.8 Å². The Morgan fingerprint density at radius 2 is 1.80 bits per heavy atom. The Labute approximate surface area is 153 Å². The zero-order valence-corrected chi connectivity index (χ0v) is 14.6. The number of carbonyl (C=O) groups excluding carboxylic acids is 1. The lowest BCUT2D eigenvalue weighted by Gasteiger charge is -2.25. The largest absolute Gasteiger partial charge is 0.481 e. The predicted molar refractivity (Wildman–Crippen MR) is 88.0 cm³/mol. The first-order valence-corrected chi connectivity index (χ1v) is 8.46. The number of carboxylic acid groups (broad SMARTS) is 1. The molecule has 0 radical (unpaired) electrons. The number of alkyl halides is 2. The van der Waals surface area contributed by atoms with Crippen molar-refractivity contribution in [1.29, 1.82) is 0 Å². The Bertz CT molecular complexity index is 649. The third-order valence-electron chi connectivity index (χ3n) is 4.19. The van der Waals surface area contributed by atoms with Crippen LogP contribution in [0.2, 0.25) is 10.0 Å². The summed E-state index contributed by atoms with van der Waals surface area (Å²) in [5.41, 5.74) is 0.241. The lowest BCUT2D eigenvalue weighted by atomic mass is 9.81. The van der Waals surface area contributed by atoms with Crippen molar-refractivity contribution < 1.29 is 28.2 Å². The molecule has 25 heavy (non-hydrogen) atoms. The van der Waals surface area contributed by atoms with Crippen molar-refractivity contribution in [3.8, 4) is 5.75 Å². The number of carbonyl (C=O) groups is 2. The Hall–Kier alpha value is -1.60. The van der Waals surface area contributed by atoms with Gasteiger partial charge in [0.15, 0.2) is 0 Å². The minimum atomic E-state index is -3.06. The molecule has 138 valence electrons. The average molecular weight is 396 g/mol. The molecule has 1 saturated carbocycles. The van der Waals surface area contributed by atoms with Crippen LogP contribution in [-0.4, -0.2) is 23.6 Å². The molecule has 0 aliphatic heterocycles. The van der Waals surface area contributed by atoms with Gasteiger partial charge in [-0.3, -0.25) is 9.59 Å². The number of hydrogen-bond donors (Lipinski definition) is 2. The standard InChI is InChI=1S/C16H17Cl2F2NO4/c17-11-5-10(13(12(18)6-11)25-16(19)20)7-21-14(22)8-1-3-9(4-2-8)15(23)24/h5-6,8-9,16H,1-4,7H2,(H,21,22)(H,23,24). The van der Waals surface area contributed by atoms with Crippen LogP contribution in [0.1, 0.15) is 31.2 Å². The van der Waals surface area contributed by atoms with Gasteiger partial charge in [-0.1, -0.05) is 23.2 Å². The van der Waals surface area contributed by atoms with Gasteiger partial charge in [-0.15, -0.1) is 0 Å². The number of nitrogens with one attached hydrogen (secondary N) is 1. The van der Waals surface area contributed by atoms with Crippen LogP contribution in [0.4, 0.5) is 8.78 Å². The lowest BCUT2D eigenvalue weighted by molar-refractivity contribution is -0.144. The van der Waals surface area contributed by atoms with Crippen LogP contribution in [0.25, 0.3) is 0 Å². The molecule has 1 amide bonds. The summed E-state index contributed by atoms with van der Waals surface area (Å²) >= 11 is 11.7. The summed E-state index contributed by atoms with van der Waals surface area (Å²) in [6.45, 7) is -3.13. The molecule has 0 atom stereocenters. The van der Waals surface area contributed by atoms with Crippen molar-refractivity contribution in [2.75, 3.05) is 0 Å². The van der Waals surface area contributed by atoms with E-state index >= 15 is 0 Å². The molecule has 0 unspecified atom stereocenters. The summed E-state index contributed by atoms with van der Waals surface area (Å²) in [4.78, 5) is 23.2. The van der Waals surface area contributed by atoms with Crippen molar-refractivity contribution in [1.82, 2.24) is 5.32 Å². The zero-order chi connectivity index (χ0) is 18.6. The van der Waals surface area contributed by atoms with Gasteiger partial charge in [0.25, 0.3) is 0 Å². The molecule has 1 aliphatic carbocycles. The van der Waals surface area contributed by atoms with Crippen molar-refractivity contribution in [2.45, 2.75) is 38.8 Å². The molecule has 2 N–H and O–H groups in total. The fraction of sp³-hybridized carbons (Fsp3) is 0.500. The third-order valence-corrected chi connectivity index (χ3v) is 4.69. The quantitative estimate of drug-likeness (QED) is 0.759. The van der Waals surface area contributed by atoms with Crippen molar-refractivity contribution in [3.63, 3.8) is 0 Å². The molecule has 1 aromatic rings. The van der Waals surface area contributed by atoms with Gasteiger partial charge >= 0.3 is 12.6 Å². The fourth-order valence-electron chi connectivity index (χ4n) is 2.90. The van der Waals surface area contributed by atoms with Crippen molar-refractivity contribution in [3.05, 3.63) is 27.7 Å². The van der Waals surface area contributed by atoms with Gasteiger partial charge in [0, 0.05) is 23.0 Å². The highest BCUT2D eigenvalue weighted by atomic mass is 35.5. The van der Waals surface area contributed by atoms with E-state index in [1.165, 1.54) is 12.1 Å². The van der Waals surface area contributed by atoms with E-state index in [-0.39, 0.29) is 39.7 Å². The van der Waals surface area contributed by atoms with E-state index in [2.05, 4.69) is 10.1 Å². The van der Waals surface area contributed by atoms with Gasteiger partial charge in [0.05, 0.1) is 10.9 Å². The highest BCUT2D eigenvalue weighted by Gasteiger charge is 2.29. The van der Waals surface area contributed by atoms with Gasteiger partial charge < -0.3 is 15.2 Å². The smallest absolute Gasteiger partial charge is 0.387 e. The van der Waals surface area contributed by atoms with E-state index in [9.17, 15) is 18.4 Å². The minimum Gasteiger partial charge on any atom is -0.481 e. The van der Waals surface area contributed by atoms with Crippen molar-refractivity contribution >= 4 is 35.1 Å². The van der Waals surface area contributed by atoms with Crippen LogP contribution in [0.5, 0.6) is 5.75 Å². The van der Waals surface area contributed by atoms with Crippen LogP contribution in [0.15, 0.2) is 12.1 Å². The molecule has 0 aromatic heterocycles. The normalized spacial score (nSPS) is 20.4. The lowest BCUT2D eigenvalue weighted by Crippen LogP contribution is -2.34. The van der Waals surface area contributed by atoms with Crippen LogP contribution in [0.3, 0.4) is 0 Å². The molecule has 1 aromatic carbocycles. The van der Waals surface area contributed by atoms with Gasteiger partial charge in [-0.2, -0.15) is 8.78 Å². The first-order chi connectivity index (χ1) is 11.8. The molecule has 1 aliphatic rings. The summed E-state index contributed by atoms with van der Waals surface area (Å²) in [6.07, 6.45) is 1.82. The SMILES string of the molecule is O=C(O)C1CCC(C(=O)NCc2cc(Cl)cc(Cl)c2OC(F)F)CC1. The fourth-order valence-corrected chi connectivity index (χ4v) is 3.48. The number of carboxylic acids is 1. The van der Waals surface area contributed by atoms with Crippen LogP contribution in [-0.2, 0) is 16.1 Å². The molecule has 0 bridgehead atoms. The van der Waals surface area contributed by atoms with E-state index in [0.717, 1.165) is 0 Å². The monoisotopic (exact) mass is 395 g/mol. The molecule has 0 spiro atoms. The van der Waals surface area contributed by atoms with E-state index in [1.54, 1.807) is 0 Å². The number of rotatable bonds is 6. The second-order valence-corrected chi connectivity index (χ2v) is 6.70. The maximum Gasteiger partial charge on any atom is 0.387 e. The second-order valence-electron chi connectivity index (χ2n) is 5.86. The molecule has 9 heteroatoms. The van der Waals surface area contributed by atoms with E-state index in [1.807, 2.05) is 0 Å². The number of hydrogen-bond acceptors (Lipinski definition) is 3. The highest BCUT2D eigenvalue weighted by Crippen LogP contribution is 2.34. The maximum atomic E-state index is 12.5. The highest BCUT2D eigenvalue weighted by molar-refractivity contribution is 6.35. The average Bonchev–Trinajstić information content (AvgIpc) is 2.55. The predicted octanol–water partition coefficient (Wildman–Crippen LogP) is 4.10. The number of ether oxygens (including phenoxy) is 1. The first kappa shape index (κ1) is 19.7. The number of benzene rings is 1. The summed E-state index contributed by atoms with van der Waals surface area (Å²) in [5, 5.41) is 11.8. The Morgan fingerprint density at radius 3 is 2.36 bits per heavy atom. The topological polar surface area (TPSA) is 75.6 Å². The Morgan fingerprint density at radius 1 is 1.20 bits per heavy atom. The summed E-state index contributed by atoms with van der Waals surface area (Å²) in [7, 11) is 0. The van der Waals surface area contributed by atoms with Gasteiger partial charge in [0.1, 0.15) is 5.75 Å². The summed E-state index contributed by atoms with van der Waals surface area (Å²) < 4.78 is 29.5. The molecular weight excluding hydrogens is 379 g/mol. The molecule has 0 saturated heterocycles. The van der Waals surface area contributed by atoms with Crippen LogP contribution >= 0.6 is 23.2 Å². The zero-order valence-electron chi connectivity index (χ0n) is 13.1. The Kier molecular flexibility index (Phi) is 6.84. The number of amides is 1.